The number of hydrogen-bond donors (Lipinski definition) is 1. The van der Waals surface area contributed by atoms with E-state index >= 15 is 0 Å². The lowest BCUT2D eigenvalue weighted by atomic mass is 10.0. The van der Waals surface area contributed by atoms with Crippen LogP contribution in [-0.2, 0) is 4.79 Å². The monoisotopic (exact) mass is 248 g/mol. The third-order valence-corrected chi connectivity index (χ3v) is 3.39. The van der Waals surface area contributed by atoms with Crippen LogP contribution in [0.4, 0.5) is 5.69 Å². The average Bonchev–Trinajstić information content (AvgIpc) is 2.46. The normalized spacial score (nSPS) is 19.3. The highest BCUT2D eigenvalue weighted by Crippen LogP contribution is 2.27. The minimum atomic E-state index is -0.0614. The second-order valence-corrected chi connectivity index (χ2v) is 4.57. The topological polar surface area (TPSA) is 41.6 Å². The molecule has 0 saturated carbocycles. The lowest BCUT2D eigenvalue weighted by Crippen LogP contribution is -2.47. The van der Waals surface area contributed by atoms with Crippen LogP contribution in [0.3, 0.4) is 0 Å². The molecule has 1 fully saturated rings. The van der Waals surface area contributed by atoms with Gasteiger partial charge < -0.3 is 15.0 Å². The summed E-state index contributed by atoms with van der Waals surface area (Å²) in [6, 6.07) is 7.52. The van der Waals surface area contributed by atoms with E-state index in [0.717, 1.165) is 37.2 Å². The molecule has 1 saturated heterocycles. The minimum absolute atomic E-state index is 0.0614. The molecular formula is C14H20N2O2. The molecule has 1 amide bonds. The molecule has 0 radical (unpaired) electrons. The standard InChI is InChI=1S/C14H20N2O2/c1-16(12-8-3-4-9-13(12)18-2)14(17)11-7-5-6-10-15-11/h3-4,8-9,11,15H,5-7,10H2,1-2H3/t11-/m0/s1. The van der Waals surface area contributed by atoms with Gasteiger partial charge in [0.1, 0.15) is 5.75 Å². The molecule has 1 aromatic carbocycles. The van der Waals surface area contributed by atoms with Crippen molar-refractivity contribution in [1.29, 1.82) is 0 Å². The molecule has 1 aliphatic rings. The van der Waals surface area contributed by atoms with Gasteiger partial charge in [-0.1, -0.05) is 18.6 Å². The molecule has 1 heterocycles. The molecule has 4 heteroatoms. The van der Waals surface area contributed by atoms with Crippen molar-refractivity contribution in [3.63, 3.8) is 0 Å². The van der Waals surface area contributed by atoms with E-state index in [0.29, 0.717) is 0 Å². The maximum Gasteiger partial charge on any atom is 0.243 e. The van der Waals surface area contributed by atoms with Crippen molar-refractivity contribution in [2.45, 2.75) is 25.3 Å². The van der Waals surface area contributed by atoms with Gasteiger partial charge in [0.05, 0.1) is 18.8 Å². The van der Waals surface area contributed by atoms with Gasteiger partial charge in [0, 0.05) is 7.05 Å². The minimum Gasteiger partial charge on any atom is -0.495 e. The number of nitrogens with one attached hydrogen (secondary N) is 1. The van der Waals surface area contributed by atoms with E-state index < -0.39 is 0 Å². The maximum absolute atomic E-state index is 12.4. The molecule has 0 spiro atoms. The highest BCUT2D eigenvalue weighted by Gasteiger charge is 2.25. The highest BCUT2D eigenvalue weighted by atomic mass is 16.5. The Bertz CT molecular complexity index is 414. The molecule has 1 atom stereocenters. The zero-order valence-electron chi connectivity index (χ0n) is 11.0. The first-order chi connectivity index (χ1) is 8.74. The van der Waals surface area contributed by atoms with Gasteiger partial charge in [-0.15, -0.1) is 0 Å². The number of likely N-dealkylation sites (N-methyl/N-ethyl adjacent to an activating group) is 1. The van der Waals surface area contributed by atoms with Crippen molar-refractivity contribution in [1.82, 2.24) is 5.32 Å². The summed E-state index contributed by atoms with van der Waals surface area (Å²) >= 11 is 0. The Morgan fingerprint density at radius 1 is 1.39 bits per heavy atom. The predicted molar refractivity (Wildman–Crippen MR) is 72.0 cm³/mol. The number of carbonyl (C=O) groups excluding carboxylic acids is 1. The fraction of sp³-hybridized carbons (Fsp3) is 0.500. The van der Waals surface area contributed by atoms with E-state index in [-0.39, 0.29) is 11.9 Å². The van der Waals surface area contributed by atoms with Gasteiger partial charge in [-0.05, 0) is 31.5 Å². The van der Waals surface area contributed by atoms with Crippen molar-refractivity contribution < 1.29 is 9.53 Å². The Kier molecular flexibility index (Phi) is 4.20. The number of methoxy groups -OCH3 is 1. The van der Waals surface area contributed by atoms with E-state index in [2.05, 4.69) is 5.32 Å². The van der Waals surface area contributed by atoms with Crippen LogP contribution in [0, 0.1) is 0 Å². The number of amides is 1. The van der Waals surface area contributed by atoms with Crippen molar-refractivity contribution in [2.24, 2.45) is 0 Å². The van der Waals surface area contributed by atoms with E-state index in [1.807, 2.05) is 24.3 Å². The number of anilines is 1. The Hall–Kier alpha value is -1.55. The number of para-hydroxylation sites is 2. The lowest BCUT2D eigenvalue weighted by Gasteiger charge is -2.28. The number of benzene rings is 1. The third-order valence-electron chi connectivity index (χ3n) is 3.39. The van der Waals surface area contributed by atoms with Gasteiger partial charge in [0.15, 0.2) is 0 Å². The molecule has 0 aromatic heterocycles. The van der Waals surface area contributed by atoms with Crippen molar-refractivity contribution in [3.05, 3.63) is 24.3 Å². The van der Waals surface area contributed by atoms with Gasteiger partial charge in [-0.3, -0.25) is 4.79 Å². The Morgan fingerprint density at radius 2 is 2.17 bits per heavy atom. The fourth-order valence-corrected chi connectivity index (χ4v) is 2.32. The zero-order valence-corrected chi connectivity index (χ0v) is 11.0. The number of hydrogen-bond acceptors (Lipinski definition) is 3. The van der Waals surface area contributed by atoms with Gasteiger partial charge in [0.25, 0.3) is 0 Å². The average molecular weight is 248 g/mol. The summed E-state index contributed by atoms with van der Waals surface area (Å²) in [5.74, 6) is 0.836. The van der Waals surface area contributed by atoms with Gasteiger partial charge in [-0.25, -0.2) is 0 Å². The summed E-state index contributed by atoms with van der Waals surface area (Å²) in [6.07, 6.45) is 3.18. The first-order valence-corrected chi connectivity index (χ1v) is 6.38. The molecule has 2 rings (SSSR count). The number of ether oxygens (including phenoxy) is 1. The van der Waals surface area contributed by atoms with Crippen LogP contribution >= 0.6 is 0 Å². The summed E-state index contributed by atoms with van der Waals surface area (Å²) in [5, 5.41) is 3.27. The van der Waals surface area contributed by atoms with Gasteiger partial charge >= 0.3 is 0 Å². The molecular weight excluding hydrogens is 228 g/mol. The second kappa shape index (κ2) is 5.87. The predicted octanol–water partition coefficient (Wildman–Crippen LogP) is 1.80. The Morgan fingerprint density at radius 3 is 2.83 bits per heavy atom. The molecule has 0 bridgehead atoms. The zero-order chi connectivity index (χ0) is 13.0. The number of nitrogens with zero attached hydrogens (tertiary/aromatic N) is 1. The van der Waals surface area contributed by atoms with Crippen LogP contribution in [0.15, 0.2) is 24.3 Å². The number of rotatable bonds is 3. The van der Waals surface area contributed by atoms with Crippen LogP contribution in [0.1, 0.15) is 19.3 Å². The summed E-state index contributed by atoms with van der Waals surface area (Å²) in [4.78, 5) is 14.1. The quantitative estimate of drug-likeness (QED) is 0.887. The van der Waals surface area contributed by atoms with E-state index in [1.54, 1.807) is 19.1 Å². The summed E-state index contributed by atoms with van der Waals surface area (Å²) in [6.45, 7) is 0.927. The van der Waals surface area contributed by atoms with Gasteiger partial charge in [0.2, 0.25) is 5.91 Å². The molecule has 18 heavy (non-hydrogen) atoms. The molecule has 98 valence electrons. The van der Waals surface area contributed by atoms with Crippen LogP contribution in [0.5, 0.6) is 5.75 Å². The smallest absolute Gasteiger partial charge is 0.243 e. The van der Waals surface area contributed by atoms with Crippen LogP contribution in [0.2, 0.25) is 0 Å². The number of carbonyl (C=O) groups is 1. The largest absolute Gasteiger partial charge is 0.495 e. The molecule has 1 aromatic rings. The molecule has 4 nitrogen and oxygen atoms in total. The van der Waals surface area contributed by atoms with Crippen LogP contribution in [-0.4, -0.2) is 32.7 Å². The third kappa shape index (κ3) is 2.64. The second-order valence-electron chi connectivity index (χ2n) is 4.57. The van der Waals surface area contributed by atoms with Crippen molar-refractivity contribution in [2.75, 3.05) is 25.6 Å². The van der Waals surface area contributed by atoms with Crippen molar-refractivity contribution in [3.8, 4) is 5.75 Å². The van der Waals surface area contributed by atoms with E-state index in [9.17, 15) is 4.79 Å². The first-order valence-electron chi connectivity index (χ1n) is 6.38. The molecule has 0 unspecified atom stereocenters. The van der Waals surface area contributed by atoms with Gasteiger partial charge in [-0.2, -0.15) is 0 Å². The van der Waals surface area contributed by atoms with E-state index in [4.69, 9.17) is 4.74 Å². The molecule has 1 aliphatic heterocycles. The van der Waals surface area contributed by atoms with Crippen molar-refractivity contribution >= 4 is 11.6 Å². The molecule has 0 aliphatic carbocycles. The SMILES string of the molecule is COc1ccccc1N(C)C(=O)[C@@H]1CCCCN1. The number of piperidine rings is 1. The Labute approximate surface area is 108 Å². The summed E-state index contributed by atoms with van der Waals surface area (Å²) < 4.78 is 5.29. The first kappa shape index (κ1) is 12.9. The Balaban J connectivity index is 2.14. The lowest BCUT2D eigenvalue weighted by molar-refractivity contribution is -0.120. The van der Waals surface area contributed by atoms with Crippen LogP contribution < -0.4 is 15.0 Å². The molecule has 1 N–H and O–H groups in total. The fourth-order valence-electron chi connectivity index (χ4n) is 2.32. The summed E-state index contributed by atoms with van der Waals surface area (Å²) in [7, 11) is 3.42. The summed E-state index contributed by atoms with van der Waals surface area (Å²) in [5.41, 5.74) is 0.817. The van der Waals surface area contributed by atoms with Crippen LogP contribution in [0.25, 0.3) is 0 Å². The highest BCUT2D eigenvalue weighted by molar-refractivity contribution is 5.98. The maximum atomic E-state index is 12.4. The van der Waals surface area contributed by atoms with E-state index in [1.165, 1.54) is 0 Å².